The zero-order chi connectivity index (χ0) is 9.40. The predicted molar refractivity (Wildman–Crippen MR) is 50.1 cm³/mol. The Hall–Kier alpha value is -0.120. The quantitative estimate of drug-likeness (QED) is 0.635. The van der Waals surface area contributed by atoms with Crippen molar-refractivity contribution in [3.05, 3.63) is 0 Å². The molecule has 0 aliphatic carbocycles. The number of likely N-dealkylation sites (tertiary alicyclic amines) is 1. The van der Waals surface area contributed by atoms with Gasteiger partial charge >= 0.3 is 0 Å². The summed E-state index contributed by atoms with van der Waals surface area (Å²) in [6.45, 7) is 6.11. The van der Waals surface area contributed by atoms with Crippen molar-refractivity contribution in [3.8, 4) is 0 Å². The highest BCUT2D eigenvalue weighted by Crippen LogP contribution is 2.15. The lowest BCUT2D eigenvalue weighted by Crippen LogP contribution is -2.34. The lowest BCUT2D eigenvalue weighted by molar-refractivity contribution is 0.135. The molecule has 1 heterocycles. The smallest absolute Gasteiger partial charge is 0.0460 e. The van der Waals surface area contributed by atoms with Crippen LogP contribution in [-0.4, -0.2) is 48.5 Å². The highest BCUT2D eigenvalue weighted by molar-refractivity contribution is 4.70. The second kappa shape index (κ2) is 7.53. The lowest BCUT2D eigenvalue weighted by Gasteiger charge is -2.29. The van der Waals surface area contributed by atoms with Crippen molar-refractivity contribution in [1.82, 2.24) is 4.90 Å². The molecule has 1 aliphatic rings. The molecular formula is C9H21NO2. The second-order valence-corrected chi connectivity index (χ2v) is 3.06. The first kappa shape index (κ1) is 11.9. The minimum Gasteiger partial charge on any atom is -0.400 e. The molecule has 0 amide bonds. The molecule has 2 N–H and O–H groups in total. The average Bonchev–Trinajstić information content (AvgIpc) is 2.21. The van der Waals surface area contributed by atoms with Crippen LogP contribution in [0.25, 0.3) is 0 Å². The monoisotopic (exact) mass is 175 g/mol. The molecule has 0 aromatic rings. The maximum absolute atomic E-state index is 8.83. The van der Waals surface area contributed by atoms with Gasteiger partial charge in [0.1, 0.15) is 0 Å². The van der Waals surface area contributed by atoms with E-state index in [4.69, 9.17) is 10.2 Å². The van der Waals surface area contributed by atoms with Crippen molar-refractivity contribution in [2.75, 3.05) is 33.4 Å². The Bertz CT molecular complexity index is 78.5. The van der Waals surface area contributed by atoms with Gasteiger partial charge < -0.3 is 15.1 Å². The lowest BCUT2D eigenvalue weighted by atomic mass is 9.98. The van der Waals surface area contributed by atoms with E-state index in [0.29, 0.717) is 12.5 Å². The van der Waals surface area contributed by atoms with Gasteiger partial charge in [0.05, 0.1) is 0 Å². The highest BCUT2D eigenvalue weighted by atomic mass is 16.3. The number of aliphatic hydroxyl groups excluding tert-OH is 2. The molecule has 0 saturated carbocycles. The molecule has 0 bridgehead atoms. The number of piperidine rings is 1. The summed E-state index contributed by atoms with van der Waals surface area (Å²) < 4.78 is 0. The largest absolute Gasteiger partial charge is 0.400 e. The van der Waals surface area contributed by atoms with Crippen LogP contribution in [0.2, 0.25) is 0 Å². The molecule has 74 valence electrons. The minimum atomic E-state index is 0.386. The molecule has 12 heavy (non-hydrogen) atoms. The Labute approximate surface area is 75.0 Å². The predicted octanol–water partition coefficient (Wildman–Crippen LogP) is 0.319. The standard InChI is InChI=1S/C8H17NO.CH4O/c1-2-9-5-3-8(7-10)4-6-9;1-2/h8,10H,2-7H2,1H3;2H,1H3. The zero-order valence-electron chi connectivity index (χ0n) is 8.16. The van der Waals surface area contributed by atoms with Crippen molar-refractivity contribution in [3.63, 3.8) is 0 Å². The van der Waals surface area contributed by atoms with Crippen molar-refractivity contribution in [2.24, 2.45) is 5.92 Å². The molecule has 3 heteroatoms. The number of hydrogen-bond acceptors (Lipinski definition) is 3. The Balaban J connectivity index is 0.000000561. The average molecular weight is 175 g/mol. The van der Waals surface area contributed by atoms with Crippen LogP contribution in [0.5, 0.6) is 0 Å². The molecule has 1 aliphatic heterocycles. The molecule has 3 nitrogen and oxygen atoms in total. The summed E-state index contributed by atoms with van der Waals surface area (Å²) in [5, 5.41) is 15.8. The van der Waals surface area contributed by atoms with Crippen molar-refractivity contribution >= 4 is 0 Å². The van der Waals surface area contributed by atoms with E-state index in [9.17, 15) is 0 Å². The normalized spacial score (nSPS) is 20.0. The zero-order valence-corrected chi connectivity index (χ0v) is 8.16. The van der Waals surface area contributed by atoms with E-state index >= 15 is 0 Å². The number of rotatable bonds is 2. The van der Waals surface area contributed by atoms with Gasteiger partial charge in [0, 0.05) is 13.7 Å². The third-order valence-corrected chi connectivity index (χ3v) is 2.41. The Kier molecular flexibility index (Phi) is 7.45. The summed E-state index contributed by atoms with van der Waals surface area (Å²) in [6, 6.07) is 0. The molecule has 0 unspecified atom stereocenters. The van der Waals surface area contributed by atoms with Crippen LogP contribution in [0.4, 0.5) is 0 Å². The first-order valence-corrected chi connectivity index (χ1v) is 4.64. The fraction of sp³-hybridized carbons (Fsp3) is 1.00. The van der Waals surface area contributed by atoms with Crippen LogP contribution in [0.1, 0.15) is 19.8 Å². The van der Waals surface area contributed by atoms with Gasteiger partial charge in [0.2, 0.25) is 0 Å². The van der Waals surface area contributed by atoms with Crippen LogP contribution in [0.3, 0.4) is 0 Å². The molecule has 0 spiro atoms. The van der Waals surface area contributed by atoms with Crippen LogP contribution < -0.4 is 0 Å². The third kappa shape index (κ3) is 4.04. The summed E-state index contributed by atoms with van der Waals surface area (Å²) in [7, 11) is 1.00. The fourth-order valence-corrected chi connectivity index (χ4v) is 1.49. The maximum Gasteiger partial charge on any atom is 0.0460 e. The molecular weight excluding hydrogens is 154 g/mol. The van der Waals surface area contributed by atoms with Crippen LogP contribution in [0, 0.1) is 5.92 Å². The molecule has 0 aromatic heterocycles. The van der Waals surface area contributed by atoms with Crippen LogP contribution >= 0.6 is 0 Å². The number of nitrogens with zero attached hydrogens (tertiary/aromatic N) is 1. The van der Waals surface area contributed by atoms with Crippen molar-refractivity contribution in [1.29, 1.82) is 0 Å². The molecule has 1 rings (SSSR count). The van der Waals surface area contributed by atoms with E-state index in [1.807, 2.05) is 0 Å². The Morgan fingerprint density at radius 2 is 1.75 bits per heavy atom. The fourth-order valence-electron chi connectivity index (χ4n) is 1.49. The third-order valence-electron chi connectivity index (χ3n) is 2.41. The number of aliphatic hydroxyl groups is 2. The van der Waals surface area contributed by atoms with Gasteiger partial charge in [-0.2, -0.15) is 0 Å². The van der Waals surface area contributed by atoms with Gasteiger partial charge in [-0.1, -0.05) is 6.92 Å². The van der Waals surface area contributed by atoms with Gasteiger partial charge in [-0.05, 0) is 38.4 Å². The van der Waals surface area contributed by atoms with Crippen molar-refractivity contribution in [2.45, 2.75) is 19.8 Å². The van der Waals surface area contributed by atoms with E-state index in [1.165, 1.54) is 25.9 Å². The second-order valence-electron chi connectivity index (χ2n) is 3.06. The van der Waals surface area contributed by atoms with Gasteiger partial charge in [-0.25, -0.2) is 0 Å². The van der Waals surface area contributed by atoms with E-state index in [2.05, 4.69) is 11.8 Å². The molecule has 0 atom stereocenters. The van der Waals surface area contributed by atoms with E-state index in [0.717, 1.165) is 13.7 Å². The van der Waals surface area contributed by atoms with Gasteiger partial charge in [0.25, 0.3) is 0 Å². The Morgan fingerprint density at radius 1 is 1.25 bits per heavy atom. The van der Waals surface area contributed by atoms with Gasteiger partial charge in [-0.15, -0.1) is 0 Å². The van der Waals surface area contributed by atoms with Gasteiger partial charge in [0.15, 0.2) is 0 Å². The minimum absolute atomic E-state index is 0.386. The molecule has 0 aromatic carbocycles. The van der Waals surface area contributed by atoms with Crippen LogP contribution in [-0.2, 0) is 0 Å². The first-order chi connectivity index (χ1) is 5.86. The van der Waals surface area contributed by atoms with Crippen molar-refractivity contribution < 1.29 is 10.2 Å². The molecule has 1 fully saturated rings. The van der Waals surface area contributed by atoms with Gasteiger partial charge in [-0.3, -0.25) is 0 Å². The SMILES string of the molecule is CCN1CCC(CO)CC1.CO. The maximum atomic E-state index is 8.83. The summed E-state index contributed by atoms with van der Waals surface area (Å²) in [5.74, 6) is 0.586. The number of hydrogen-bond donors (Lipinski definition) is 2. The summed E-state index contributed by atoms with van der Waals surface area (Å²) in [4.78, 5) is 2.44. The first-order valence-electron chi connectivity index (χ1n) is 4.64. The van der Waals surface area contributed by atoms with E-state index < -0.39 is 0 Å². The van der Waals surface area contributed by atoms with E-state index in [1.54, 1.807) is 0 Å². The summed E-state index contributed by atoms with van der Waals surface area (Å²) >= 11 is 0. The Morgan fingerprint density at radius 3 is 2.08 bits per heavy atom. The molecule has 1 saturated heterocycles. The van der Waals surface area contributed by atoms with E-state index in [-0.39, 0.29) is 0 Å². The van der Waals surface area contributed by atoms with Crippen LogP contribution in [0.15, 0.2) is 0 Å². The summed E-state index contributed by atoms with van der Waals surface area (Å²) in [6.07, 6.45) is 2.37. The summed E-state index contributed by atoms with van der Waals surface area (Å²) in [5.41, 5.74) is 0. The molecule has 0 radical (unpaired) electrons. The highest BCUT2D eigenvalue weighted by Gasteiger charge is 2.16. The topological polar surface area (TPSA) is 43.7 Å².